The molecule has 0 atom stereocenters. The summed E-state index contributed by atoms with van der Waals surface area (Å²) in [7, 11) is -3.87. The Morgan fingerprint density at radius 2 is 1.75 bits per heavy atom. The molecule has 0 spiro atoms. The summed E-state index contributed by atoms with van der Waals surface area (Å²) in [6.45, 7) is 3.67. The molecular formula is C23H27FN2O5S. The second-order valence-corrected chi connectivity index (χ2v) is 9.67. The molecule has 1 aliphatic rings. The Labute approximate surface area is 187 Å². The summed E-state index contributed by atoms with van der Waals surface area (Å²) in [5.41, 5.74) is 0.514. The van der Waals surface area contributed by atoms with Gasteiger partial charge in [-0.2, -0.15) is 4.31 Å². The van der Waals surface area contributed by atoms with Gasteiger partial charge in [0.25, 0.3) is 5.91 Å². The van der Waals surface area contributed by atoms with Gasteiger partial charge in [-0.15, -0.1) is 0 Å². The van der Waals surface area contributed by atoms with Crippen molar-refractivity contribution in [3.05, 3.63) is 65.5 Å². The van der Waals surface area contributed by atoms with Gasteiger partial charge in [-0.05, 0) is 36.6 Å². The Bertz CT molecular complexity index is 1080. The number of nitrogens with zero attached hydrogens (tertiary/aromatic N) is 1. The molecule has 2 aromatic carbocycles. The molecule has 0 radical (unpaired) electrons. The molecule has 1 fully saturated rings. The minimum Gasteiger partial charge on any atom is -0.452 e. The number of carbonyl (C=O) groups is 2. The first-order valence-electron chi connectivity index (χ1n) is 10.5. The van der Waals surface area contributed by atoms with Gasteiger partial charge >= 0.3 is 5.97 Å². The van der Waals surface area contributed by atoms with Crippen molar-refractivity contribution in [2.45, 2.75) is 37.0 Å². The fraction of sp³-hybridized carbons (Fsp3) is 0.391. The molecule has 2 aromatic rings. The number of hydrogen-bond donors (Lipinski definition) is 1. The smallest absolute Gasteiger partial charge is 0.341 e. The van der Waals surface area contributed by atoms with Crippen LogP contribution in [0.5, 0.6) is 0 Å². The van der Waals surface area contributed by atoms with Crippen molar-refractivity contribution in [3.8, 4) is 0 Å². The molecule has 0 unspecified atom stereocenters. The van der Waals surface area contributed by atoms with Gasteiger partial charge in [-0.25, -0.2) is 17.6 Å². The van der Waals surface area contributed by atoms with Gasteiger partial charge in [0.2, 0.25) is 10.0 Å². The standard InChI is InChI=1S/C23H27FN2O5S/c1-3-26(4-2)32(29,30)18-10-11-20(24)19(14-18)22(28)31-15-21(27)25-16-23(12-13-23)17-8-6-5-7-9-17/h5-11,14H,3-4,12-13,15-16H2,1-2H3,(H,25,27). The van der Waals surface area contributed by atoms with Crippen LogP contribution in [0.2, 0.25) is 0 Å². The molecule has 3 rings (SSSR count). The molecule has 0 saturated heterocycles. The molecule has 0 heterocycles. The highest BCUT2D eigenvalue weighted by Gasteiger charge is 2.44. The monoisotopic (exact) mass is 462 g/mol. The summed E-state index contributed by atoms with van der Waals surface area (Å²) in [6, 6.07) is 12.8. The molecule has 0 aliphatic heterocycles. The van der Waals surface area contributed by atoms with Gasteiger partial charge in [-0.1, -0.05) is 44.2 Å². The lowest BCUT2D eigenvalue weighted by Crippen LogP contribution is -2.35. The molecule has 7 nitrogen and oxygen atoms in total. The van der Waals surface area contributed by atoms with Gasteiger partial charge in [0.15, 0.2) is 6.61 Å². The lowest BCUT2D eigenvalue weighted by Gasteiger charge is -2.19. The zero-order chi connectivity index (χ0) is 23.4. The lowest BCUT2D eigenvalue weighted by molar-refractivity contribution is -0.124. The Kier molecular flexibility index (Phi) is 7.30. The lowest BCUT2D eigenvalue weighted by atomic mass is 9.96. The minimum absolute atomic E-state index is 0.0971. The number of hydrogen-bond acceptors (Lipinski definition) is 5. The Morgan fingerprint density at radius 3 is 2.34 bits per heavy atom. The van der Waals surface area contributed by atoms with Crippen LogP contribution in [0, 0.1) is 5.82 Å². The second kappa shape index (κ2) is 9.79. The van der Waals surface area contributed by atoms with E-state index in [-0.39, 0.29) is 23.4 Å². The predicted molar refractivity (Wildman–Crippen MR) is 117 cm³/mol. The highest BCUT2D eigenvalue weighted by molar-refractivity contribution is 7.89. The maximum absolute atomic E-state index is 14.2. The number of carbonyl (C=O) groups excluding carboxylic acids is 2. The number of esters is 1. The molecule has 9 heteroatoms. The fourth-order valence-electron chi connectivity index (χ4n) is 3.57. The van der Waals surface area contributed by atoms with E-state index in [1.807, 2.05) is 30.3 Å². The number of rotatable bonds is 10. The summed E-state index contributed by atoms with van der Waals surface area (Å²) < 4.78 is 45.6. The number of halogens is 1. The SMILES string of the molecule is CCN(CC)S(=O)(=O)c1ccc(F)c(C(=O)OCC(=O)NCC2(c3ccccc3)CC2)c1. The number of sulfonamides is 1. The van der Waals surface area contributed by atoms with Crippen molar-refractivity contribution >= 4 is 21.9 Å². The molecule has 1 N–H and O–H groups in total. The first kappa shape index (κ1) is 23.9. The molecule has 172 valence electrons. The van der Waals surface area contributed by atoms with Crippen molar-refractivity contribution in [1.29, 1.82) is 0 Å². The van der Waals surface area contributed by atoms with Crippen molar-refractivity contribution in [2.24, 2.45) is 0 Å². The topological polar surface area (TPSA) is 92.8 Å². The van der Waals surface area contributed by atoms with Crippen LogP contribution in [0.15, 0.2) is 53.4 Å². The number of nitrogens with one attached hydrogen (secondary N) is 1. The van der Waals surface area contributed by atoms with Crippen molar-refractivity contribution in [1.82, 2.24) is 9.62 Å². The molecular weight excluding hydrogens is 435 g/mol. The van der Waals surface area contributed by atoms with E-state index in [9.17, 15) is 22.4 Å². The summed E-state index contributed by atoms with van der Waals surface area (Å²) in [6.07, 6.45) is 1.91. The van der Waals surface area contributed by atoms with Crippen molar-refractivity contribution in [2.75, 3.05) is 26.2 Å². The Hall–Kier alpha value is -2.78. The Balaban J connectivity index is 1.61. The van der Waals surface area contributed by atoms with Crippen LogP contribution in [-0.4, -0.2) is 50.8 Å². The van der Waals surface area contributed by atoms with Gasteiger partial charge < -0.3 is 10.1 Å². The normalized spacial score (nSPS) is 14.8. The third-order valence-electron chi connectivity index (χ3n) is 5.70. The maximum Gasteiger partial charge on any atom is 0.341 e. The quantitative estimate of drug-likeness (QED) is 0.548. The summed E-state index contributed by atoms with van der Waals surface area (Å²) in [5, 5.41) is 2.76. The molecule has 1 saturated carbocycles. The number of benzene rings is 2. The van der Waals surface area contributed by atoms with Crippen LogP contribution < -0.4 is 5.32 Å². The second-order valence-electron chi connectivity index (χ2n) is 7.73. The molecule has 0 bridgehead atoms. The van der Waals surface area contributed by atoms with E-state index in [0.717, 1.165) is 36.6 Å². The zero-order valence-electron chi connectivity index (χ0n) is 18.1. The van der Waals surface area contributed by atoms with Gasteiger partial charge in [-0.3, -0.25) is 4.79 Å². The van der Waals surface area contributed by atoms with Gasteiger partial charge in [0.1, 0.15) is 5.82 Å². The highest BCUT2D eigenvalue weighted by Crippen LogP contribution is 2.47. The third-order valence-corrected chi connectivity index (χ3v) is 7.74. The maximum atomic E-state index is 14.2. The molecule has 1 aliphatic carbocycles. The van der Waals surface area contributed by atoms with Gasteiger partial charge in [0, 0.05) is 25.0 Å². The fourth-order valence-corrected chi connectivity index (χ4v) is 5.06. The predicted octanol–water partition coefficient (Wildman–Crippen LogP) is 2.86. The molecule has 32 heavy (non-hydrogen) atoms. The third kappa shape index (κ3) is 5.16. The first-order valence-corrected chi connectivity index (χ1v) is 12.0. The highest BCUT2D eigenvalue weighted by atomic mass is 32.2. The zero-order valence-corrected chi connectivity index (χ0v) is 19.0. The van der Waals surface area contributed by atoms with E-state index in [0.29, 0.717) is 6.54 Å². The van der Waals surface area contributed by atoms with E-state index in [1.165, 1.54) is 4.31 Å². The van der Waals surface area contributed by atoms with Crippen LogP contribution >= 0.6 is 0 Å². The minimum atomic E-state index is -3.87. The molecule has 0 aromatic heterocycles. The number of amides is 1. The first-order chi connectivity index (χ1) is 15.2. The largest absolute Gasteiger partial charge is 0.452 e. The van der Waals surface area contributed by atoms with Crippen LogP contribution in [0.3, 0.4) is 0 Å². The van der Waals surface area contributed by atoms with E-state index < -0.39 is 39.9 Å². The van der Waals surface area contributed by atoms with E-state index in [1.54, 1.807) is 13.8 Å². The summed E-state index contributed by atoms with van der Waals surface area (Å²) in [5.74, 6) is -2.53. The van der Waals surface area contributed by atoms with E-state index in [2.05, 4.69) is 5.32 Å². The Morgan fingerprint density at radius 1 is 1.09 bits per heavy atom. The van der Waals surface area contributed by atoms with E-state index in [4.69, 9.17) is 4.74 Å². The average molecular weight is 463 g/mol. The van der Waals surface area contributed by atoms with Crippen LogP contribution in [0.25, 0.3) is 0 Å². The molecule has 1 amide bonds. The van der Waals surface area contributed by atoms with Crippen LogP contribution in [0.4, 0.5) is 4.39 Å². The number of ether oxygens (including phenoxy) is 1. The summed E-state index contributed by atoms with van der Waals surface area (Å²) in [4.78, 5) is 24.3. The van der Waals surface area contributed by atoms with Gasteiger partial charge in [0.05, 0.1) is 10.5 Å². The summed E-state index contributed by atoms with van der Waals surface area (Å²) >= 11 is 0. The van der Waals surface area contributed by atoms with Crippen LogP contribution in [0.1, 0.15) is 42.6 Å². The van der Waals surface area contributed by atoms with E-state index >= 15 is 0 Å². The van der Waals surface area contributed by atoms with Crippen molar-refractivity contribution < 1.29 is 27.1 Å². The average Bonchev–Trinajstić information content (AvgIpc) is 3.58. The van der Waals surface area contributed by atoms with Crippen LogP contribution in [-0.2, 0) is 25.0 Å². The van der Waals surface area contributed by atoms with Crippen molar-refractivity contribution in [3.63, 3.8) is 0 Å².